The van der Waals surface area contributed by atoms with Crippen LogP contribution in [0.1, 0.15) is 83.2 Å². The summed E-state index contributed by atoms with van der Waals surface area (Å²) in [5.41, 5.74) is 1.83. The van der Waals surface area contributed by atoms with Crippen LogP contribution in [0.4, 0.5) is 5.82 Å². The summed E-state index contributed by atoms with van der Waals surface area (Å²) in [4.78, 5) is 12.7. The summed E-state index contributed by atoms with van der Waals surface area (Å²) in [6.45, 7) is 16.6. The Labute approximate surface area is 157 Å². The Morgan fingerprint density at radius 2 is 1.84 bits per heavy atom. The van der Waals surface area contributed by atoms with Crippen LogP contribution in [0.3, 0.4) is 0 Å². The van der Waals surface area contributed by atoms with Gasteiger partial charge in [-0.2, -0.15) is 10.2 Å². The third kappa shape index (κ3) is 4.14. The van der Waals surface area contributed by atoms with Crippen molar-refractivity contribution in [3.05, 3.63) is 27.6 Å². The highest BCUT2D eigenvalue weighted by Gasteiger charge is 2.27. The van der Waals surface area contributed by atoms with Crippen molar-refractivity contribution in [3.63, 3.8) is 0 Å². The number of anilines is 1. The summed E-state index contributed by atoms with van der Waals surface area (Å²) in [6, 6.07) is 1.94. The molecule has 25 heavy (non-hydrogen) atoms. The number of carbonyl (C=O) groups excluding carboxylic acids is 1. The molecule has 0 aliphatic heterocycles. The number of nitrogens with zero attached hydrogens (tertiary/aromatic N) is 3. The summed E-state index contributed by atoms with van der Waals surface area (Å²) in [5, 5.41) is 14.8. The molecule has 0 unspecified atom stereocenters. The van der Waals surface area contributed by atoms with E-state index < -0.39 is 0 Å². The van der Waals surface area contributed by atoms with E-state index in [1.54, 1.807) is 0 Å². The monoisotopic (exact) mass is 409 g/mol. The van der Waals surface area contributed by atoms with Gasteiger partial charge in [0.25, 0.3) is 5.91 Å². The van der Waals surface area contributed by atoms with Gasteiger partial charge in [0.1, 0.15) is 5.82 Å². The molecular weight excluding hydrogens is 382 g/mol. The number of nitrogens with one attached hydrogen (secondary N) is 2. The van der Waals surface area contributed by atoms with Crippen molar-refractivity contribution >= 4 is 27.7 Å². The predicted molar refractivity (Wildman–Crippen MR) is 104 cm³/mol. The van der Waals surface area contributed by atoms with E-state index >= 15 is 0 Å². The van der Waals surface area contributed by atoms with Gasteiger partial charge in [0, 0.05) is 11.5 Å². The van der Waals surface area contributed by atoms with Gasteiger partial charge in [0.15, 0.2) is 5.69 Å². The average Bonchev–Trinajstić information content (AvgIpc) is 3.01. The number of hydrogen-bond acceptors (Lipinski definition) is 3. The number of H-pyrrole nitrogens is 1. The first-order valence-corrected chi connectivity index (χ1v) is 9.27. The van der Waals surface area contributed by atoms with E-state index in [2.05, 4.69) is 73.0 Å². The lowest BCUT2D eigenvalue weighted by molar-refractivity contribution is 0.102. The Kier molecular flexibility index (Phi) is 5.19. The number of aromatic nitrogens is 4. The van der Waals surface area contributed by atoms with Gasteiger partial charge >= 0.3 is 0 Å². The summed E-state index contributed by atoms with van der Waals surface area (Å²) < 4.78 is 2.56. The fourth-order valence-corrected chi connectivity index (χ4v) is 3.21. The third-order valence-electron chi connectivity index (χ3n) is 3.88. The van der Waals surface area contributed by atoms with Crippen LogP contribution in [0, 0.1) is 0 Å². The van der Waals surface area contributed by atoms with Crippen LogP contribution in [0.2, 0.25) is 0 Å². The van der Waals surface area contributed by atoms with Crippen LogP contribution in [0.25, 0.3) is 0 Å². The molecule has 0 saturated heterocycles. The predicted octanol–water partition coefficient (Wildman–Crippen LogP) is 4.80. The fraction of sp³-hybridized carbons (Fsp3) is 0.611. The molecule has 0 aliphatic rings. The molecule has 0 aromatic carbocycles. The summed E-state index contributed by atoms with van der Waals surface area (Å²) in [5.74, 6) is 0.653. The molecule has 0 saturated carbocycles. The number of rotatable bonds is 3. The molecule has 2 aromatic heterocycles. The molecule has 2 aromatic rings. The smallest absolute Gasteiger partial charge is 0.278 e. The minimum Gasteiger partial charge on any atom is -0.305 e. The van der Waals surface area contributed by atoms with Gasteiger partial charge in [-0.25, -0.2) is 4.68 Å². The highest BCUT2D eigenvalue weighted by atomic mass is 79.9. The maximum absolute atomic E-state index is 12.7. The van der Waals surface area contributed by atoms with Crippen LogP contribution in [-0.2, 0) is 11.0 Å². The highest BCUT2D eigenvalue weighted by molar-refractivity contribution is 9.10. The van der Waals surface area contributed by atoms with E-state index in [-0.39, 0.29) is 22.8 Å². The van der Waals surface area contributed by atoms with Crippen molar-refractivity contribution in [2.24, 2.45) is 0 Å². The normalized spacial score (nSPS) is 12.7. The van der Waals surface area contributed by atoms with E-state index in [0.717, 1.165) is 11.4 Å². The van der Waals surface area contributed by atoms with E-state index in [1.807, 2.05) is 24.6 Å². The second kappa shape index (κ2) is 6.59. The van der Waals surface area contributed by atoms with Crippen molar-refractivity contribution in [2.45, 2.75) is 72.3 Å². The maximum Gasteiger partial charge on any atom is 0.278 e. The Morgan fingerprint density at radius 1 is 1.24 bits per heavy atom. The molecule has 0 radical (unpaired) electrons. The van der Waals surface area contributed by atoms with E-state index in [4.69, 9.17) is 5.10 Å². The lowest BCUT2D eigenvalue weighted by Gasteiger charge is -2.22. The molecule has 2 N–H and O–H groups in total. The number of hydrogen-bond donors (Lipinski definition) is 2. The van der Waals surface area contributed by atoms with Crippen LogP contribution >= 0.6 is 15.9 Å². The number of amides is 1. The number of carbonyl (C=O) groups is 1. The van der Waals surface area contributed by atoms with Gasteiger partial charge in [-0.1, -0.05) is 34.6 Å². The lowest BCUT2D eigenvalue weighted by atomic mass is 9.92. The Bertz CT molecular complexity index is 774. The van der Waals surface area contributed by atoms with Crippen molar-refractivity contribution < 1.29 is 4.79 Å². The molecule has 7 heteroatoms. The summed E-state index contributed by atoms with van der Waals surface area (Å²) in [7, 11) is 0. The molecule has 0 bridgehead atoms. The molecule has 0 spiro atoms. The van der Waals surface area contributed by atoms with E-state index in [9.17, 15) is 4.79 Å². The largest absolute Gasteiger partial charge is 0.305 e. The minimum absolute atomic E-state index is 0.103. The highest BCUT2D eigenvalue weighted by Crippen LogP contribution is 2.30. The minimum atomic E-state index is -0.263. The van der Waals surface area contributed by atoms with Crippen LogP contribution in [0.15, 0.2) is 10.5 Å². The van der Waals surface area contributed by atoms with Crippen LogP contribution in [0.5, 0.6) is 0 Å². The zero-order valence-electron chi connectivity index (χ0n) is 16.3. The first kappa shape index (κ1) is 19.7. The SMILES string of the molecule is CC(C)c1[nH]nc(C(=O)Nc2cc(C(C)(C)C)nn2C(C)(C)C)c1Br. The Hall–Kier alpha value is -1.63. The zero-order chi connectivity index (χ0) is 19.2. The van der Waals surface area contributed by atoms with Gasteiger partial charge in [-0.15, -0.1) is 0 Å². The first-order valence-electron chi connectivity index (χ1n) is 8.48. The quantitative estimate of drug-likeness (QED) is 0.764. The Balaban J connectivity index is 2.39. The molecule has 2 heterocycles. The molecule has 1 amide bonds. The lowest BCUT2D eigenvalue weighted by Crippen LogP contribution is -2.27. The van der Waals surface area contributed by atoms with Crippen molar-refractivity contribution in [1.29, 1.82) is 0 Å². The number of aromatic amines is 1. The van der Waals surface area contributed by atoms with Gasteiger partial charge in [-0.05, 0) is 42.6 Å². The second-order valence-corrected chi connectivity index (χ2v) is 9.45. The molecule has 0 aliphatic carbocycles. The van der Waals surface area contributed by atoms with E-state index in [1.165, 1.54) is 0 Å². The Morgan fingerprint density at radius 3 is 2.28 bits per heavy atom. The second-order valence-electron chi connectivity index (χ2n) is 8.66. The van der Waals surface area contributed by atoms with Gasteiger partial charge < -0.3 is 5.32 Å². The molecule has 0 fully saturated rings. The number of halogens is 1. The van der Waals surface area contributed by atoms with Crippen molar-refractivity contribution in [3.8, 4) is 0 Å². The molecular formula is C18H28BrN5O. The zero-order valence-corrected chi connectivity index (χ0v) is 17.9. The van der Waals surface area contributed by atoms with E-state index in [0.29, 0.717) is 16.0 Å². The third-order valence-corrected chi connectivity index (χ3v) is 4.68. The van der Waals surface area contributed by atoms with Crippen molar-refractivity contribution in [1.82, 2.24) is 20.0 Å². The van der Waals surface area contributed by atoms with Crippen molar-refractivity contribution in [2.75, 3.05) is 5.32 Å². The van der Waals surface area contributed by atoms with Crippen LogP contribution in [-0.4, -0.2) is 25.9 Å². The maximum atomic E-state index is 12.7. The summed E-state index contributed by atoms with van der Waals surface area (Å²) in [6.07, 6.45) is 0. The summed E-state index contributed by atoms with van der Waals surface area (Å²) >= 11 is 3.48. The topological polar surface area (TPSA) is 75.6 Å². The molecule has 138 valence electrons. The average molecular weight is 410 g/mol. The first-order chi connectivity index (χ1) is 11.3. The fourth-order valence-electron chi connectivity index (χ4n) is 2.40. The van der Waals surface area contributed by atoms with Gasteiger partial charge in [-0.3, -0.25) is 9.89 Å². The standard InChI is InChI=1S/C18H28BrN5O/c1-10(2)14-13(19)15(22-21-14)16(25)20-12-9-11(17(3,4)5)23-24(12)18(6,7)8/h9-10H,1-8H3,(H,20,25)(H,21,22). The van der Waals surface area contributed by atoms with Gasteiger partial charge in [0.05, 0.1) is 21.4 Å². The molecule has 6 nitrogen and oxygen atoms in total. The molecule has 0 atom stereocenters. The van der Waals surface area contributed by atoms with Crippen LogP contribution < -0.4 is 5.32 Å². The van der Waals surface area contributed by atoms with Gasteiger partial charge in [0.2, 0.25) is 0 Å². The molecule has 2 rings (SSSR count).